The van der Waals surface area contributed by atoms with Crippen LogP contribution in [-0.4, -0.2) is 27.5 Å². The molecule has 1 aromatic heterocycles. The number of carbonyl (C=O) groups is 1. The van der Waals surface area contributed by atoms with Gasteiger partial charge in [-0.2, -0.15) is 0 Å². The van der Waals surface area contributed by atoms with Gasteiger partial charge in [0.2, 0.25) is 0 Å². The molecule has 0 spiro atoms. The highest BCUT2D eigenvalue weighted by molar-refractivity contribution is 7.07. The summed E-state index contributed by atoms with van der Waals surface area (Å²) in [5.41, 5.74) is 1.79. The van der Waals surface area contributed by atoms with Crippen LogP contribution in [0.1, 0.15) is 0 Å². The predicted molar refractivity (Wildman–Crippen MR) is 40.0 cm³/mol. The molecule has 5 nitrogen and oxygen atoms in total. The maximum absolute atomic E-state index is 9.29. The number of carboxylic acids is 1. The molecule has 60 valence electrons. The summed E-state index contributed by atoms with van der Waals surface area (Å²) in [7, 11) is 0. The minimum Gasteiger partial charge on any atom is -0.477 e. The average Bonchev–Trinajstić information content (AvgIpc) is 2.41. The first-order chi connectivity index (χ1) is 5.27. The fraction of sp³-hybridized carbons (Fsp3) is 0. The highest BCUT2D eigenvalue weighted by Crippen LogP contribution is 1.85. The Bertz CT molecular complexity index is 192. The van der Waals surface area contributed by atoms with Gasteiger partial charge >= 0.3 is 5.97 Å². The third kappa shape index (κ3) is 8.57. The van der Waals surface area contributed by atoms with E-state index in [1.165, 1.54) is 0 Å². The highest BCUT2D eigenvalue weighted by Gasteiger charge is 1.80. The second kappa shape index (κ2) is 6.69. The molecular weight excluding hydrogens is 168 g/mol. The van der Waals surface area contributed by atoms with E-state index in [4.69, 9.17) is 10.3 Å². The Morgan fingerprint density at radius 3 is 2.55 bits per heavy atom. The van der Waals surface area contributed by atoms with Crippen molar-refractivity contribution in [1.29, 1.82) is 0 Å². The van der Waals surface area contributed by atoms with Crippen molar-refractivity contribution < 1.29 is 15.1 Å². The standard InChI is InChI=1S/C3H3NS.C2H3NO3/c1-2-5-3-4-1;4-2(5)1-3-6/h1-3H;1,6H,(H,4,5)/b;3-1+. The number of carboxylic acid groups (broad SMARTS) is 1. The third-order valence-corrected chi connectivity index (χ3v) is 1.04. The Labute approximate surface area is 66.6 Å². The van der Waals surface area contributed by atoms with Crippen LogP contribution in [0.4, 0.5) is 0 Å². The van der Waals surface area contributed by atoms with Crippen molar-refractivity contribution in [2.24, 2.45) is 5.16 Å². The molecule has 1 rings (SSSR count). The second-order valence-corrected chi connectivity index (χ2v) is 2.01. The van der Waals surface area contributed by atoms with E-state index >= 15 is 0 Å². The summed E-state index contributed by atoms with van der Waals surface area (Å²) < 4.78 is 0. The number of aliphatic carboxylic acids is 1. The lowest BCUT2D eigenvalue weighted by molar-refractivity contribution is -0.128. The van der Waals surface area contributed by atoms with Crippen molar-refractivity contribution >= 4 is 23.5 Å². The van der Waals surface area contributed by atoms with Gasteiger partial charge in [-0.3, -0.25) is 4.98 Å². The summed E-state index contributed by atoms with van der Waals surface area (Å²) in [6, 6.07) is 0. The van der Waals surface area contributed by atoms with E-state index in [1.807, 2.05) is 5.38 Å². The Kier molecular flexibility index (Phi) is 5.82. The van der Waals surface area contributed by atoms with Gasteiger partial charge in [0.1, 0.15) is 0 Å². The van der Waals surface area contributed by atoms with Gasteiger partial charge in [0, 0.05) is 11.6 Å². The summed E-state index contributed by atoms with van der Waals surface area (Å²) >= 11 is 1.60. The van der Waals surface area contributed by atoms with E-state index < -0.39 is 5.97 Å². The van der Waals surface area contributed by atoms with Crippen LogP contribution < -0.4 is 0 Å². The largest absolute Gasteiger partial charge is 0.477 e. The van der Waals surface area contributed by atoms with E-state index in [9.17, 15) is 4.79 Å². The fourth-order valence-corrected chi connectivity index (χ4v) is 0.576. The molecule has 11 heavy (non-hydrogen) atoms. The van der Waals surface area contributed by atoms with Crippen LogP contribution in [0.3, 0.4) is 0 Å². The molecule has 0 radical (unpaired) electrons. The molecule has 6 heteroatoms. The van der Waals surface area contributed by atoms with Crippen LogP contribution in [0.5, 0.6) is 0 Å². The van der Waals surface area contributed by atoms with Crippen molar-refractivity contribution in [3.8, 4) is 0 Å². The van der Waals surface area contributed by atoms with Crippen LogP contribution >= 0.6 is 11.3 Å². The van der Waals surface area contributed by atoms with Gasteiger partial charge in [-0.15, -0.1) is 11.3 Å². The van der Waals surface area contributed by atoms with E-state index in [0.29, 0.717) is 6.21 Å². The molecule has 0 unspecified atom stereocenters. The molecular formula is C5H6N2O3S. The number of thiazole rings is 1. The monoisotopic (exact) mass is 174 g/mol. The molecule has 0 aromatic carbocycles. The van der Waals surface area contributed by atoms with Crippen molar-refractivity contribution in [2.45, 2.75) is 0 Å². The number of hydrogen-bond acceptors (Lipinski definition) is 5. The normalized spacial score (nSPS) is 8.73. The summed E-state index contributed by atoms with van der Waals surface area (Å²) in [6.07, 6.45) is 2.16. The number of hydrogen-bond donors (Lipinski definition) is 2. The van der Waals surface area contributed by atoms with Crippen LogP contribution in [0.25, 0.3) is 0 Å². The third-order valence-electron chi connectivity index (χ3n) is 0.515. The second-order valence-electron chi connectivity index (χ2n) is 1.26. The van der Waals surface area contributed by atoms with E-state index in [2.05, 4.69) is 10.1 Å². The lowest BCUT2D eigenvalue weighted by Gasteiger charge is -1.67. The Morgan fingerprint density at radius 2 is 2.45 bits per heavy atom. The molecule has 0 amide bonds. The molecule has 0 aliphatic rings. The molecule has 1 heterocycles. The molecule has 0 fully saturated rings. The van der Waals surface area contributed by atoms with Gasteiger partial charge in [0.15, 0.2) is 6.21 Å². The molecule has 0 bridgehead atoms. The molecule has 2 N–H and O–H groups in total. The van der Waals surface area contributed by atoms with Gasteiger partial charge < -0.3 is 10.3 Å². The fourth-order valence-electron chi connectivity index (χ4n) is 0.225. The summed E-state index contributed by atoms with van der Waals surface area (Å²) in [4.78, 5) is 13.0. The van der Waals surface area contributed by atoms with Crippen LogP contribution in [-0.2, 0) is 4.79 Å². The van der Waals surface area contributed by atoms with Crippen LogP contribution in [0.15, 0.2) is 22.2 Å². The lowest BCUT2D eigenvalue weighted by Crippen LogP contribution is -1.93. The van der Waals surface area contributed by atoms with Crippen LogP contribution in [0.2, 0.25) is 0 Å². The van der Waals surface area contributed by atoms with Gasteiger partial charge in [-0.1, -0.05) is 5.16 Å². The van der Waals surface area contributed by atoms with Crippen molar-refractivity contribution in [2.75, 3.05) is 0 Å². The Balaban J connectivity index is 0.000000183. The quantitative estimate of drug-likeness (QED) is 0.372. The zero-order chi connectivity index (χ0) is 8.53. The van der Waals surface area contributed by atoms with Gasteiger partial charge in [-0.05, 0) is 0 Å². The zero-order valence-corrected chi connectivity index (χ0v) is 6.23. The van der Waals surface area contributed by atoms with E-state index in [-0.39, 0.29) is 0 Å². The predicted octanol–water partition coefficient (Wildman–Crippen LogP) is 0.674. The smallest absolute Gasteiger partial charge is 0.350 e. The molecule has 0 aliphatic heterocycles. The van der Waals surface area contributed by atoms with Gasteiger partial charge in [0.05, 0.1) is 5.51 Å². The summed E-state index contributed by atoms with van der Waals surface area (Å²) in [6.45, 7) is 0. The average molecular weight is 174 g/mol. The van der Waals surface area contributed by atoms with Gasteiger partial charge in [-0.25, -0.2) is 4.79 Å². The number of oxime groups is 1. The summed E-state index contributed by atoms with van der Waals surface area (Å²) in [5, 5.41) is 19.2. The molecule has 1 aromatic rings. The molecule has 0 saturated heterocycles. The van der Waals surface area contributed by atoms with E-state index in [1.54, 1.807) is 23.0 Å². The topological polar surface area (TPSA) is 82.8 Å². The number of nitrogens with zero attached hydrogens (tertiary/aromatic N) is 2. The van der Waals surface area contributed by atoms with Crippen molar-refractivity contribution in [3.05, 3.63) is 17.1 Å². The minimum absolute atomic E-state index is 0.389. The lowest BCUT2D eigenvalue weighted by atomic mass is 10.8. The first-order valence-corrected chi connectivity index (χ1v) is 3.44. The van der Waals surface area contributed by atoms with E-state index in [0.717, 1.165) is 0 Å². The molecule has 0 atom stereocenters. The SMILES string of the molecule is O=C(O)/C=N/O.c1cscn1. The Morgan fingerprint density at radius 1 is 1.73 bits per heavy atom. The maximum Gasteiger partial charge on any atom is 0.350 e. The number of aromatic nitrogens is 1. The maximum atomic E-state index is 9.29. The summed E-state index contributed by atoms with van der Waals surface area (Å²) in [5.74, 6) is -1.25. The van der Waals surface area contributed by atoms with Gasteiger partial charge in [0.25, 0.3) is 0 Å². The highest BCUT2D eigenvalue weighted by atomic mass is 32.1. The first kappa shape index (κ1) is 9.57. The Hall–Kier alpha value is -1.43. The zero-order valence-electron chi connectivity index (χ0n) is 5.41. The first-order valence-electron chi connectivity index (χ1n) is 2.50. The molecule has 0 saturated carbocycles. The van der Waals surface area contributed by atoms with Crippen LogP contribution in [0, 0.1) is 0 Å². The van der Waals surface area contributed by atoms with Crippen molar-refractivity contribution in [1.82, 2.24) is 4.98 Å². The van der Waals surface area contributed by atoms with Crippen molar-refractivity contribution in [3.63, 3.8) is 0 Å². The molecule has 0 aliphatic carbocycles. The minimum atomic E-state index is -1.25. The number of rotatable bonds is 1.